The fourth-order valence-corrected chi connectivity index (χ4v) is 7.24. The average molecular weight is 651 g/mol. The molecule has 0 fully saturated rings. The summed E-state index contributed by atoms with van der Waals surface area (Å²) in [6.07, 6.45) is 10.6. The van der Waals surface area contributed by atoms with E-state index in [-0.39, 0.29) is 29.9 Å². The van der Waals surface area contributed by atoms with Crippen LogP contribution in [0.5, 0.6) is 0 Å². The molecule has 4 bridgehead atoms. The Balaban J connectivity index is 1.69. The first-order valence-corrected chi connectivity index (χ1v) is 18.2. The molecule has 3 rings (SSSR count). The van der Waals surface area contributed by atoms with E-state index in [1.807, 2.05) is 11.5 Å². The molecular formula is C31H46N4O5S3. The van der Waals surface area contributed by atoms with Crippen LogP contribution in [0.15, 0.2) is 22.5 Å². The van der Waals surface area contributed by atoms with Crippen molar-refractivity contribution in [1.82, 2.24) is 15.6 Å². The largest absolute Gasteiger partial charge is 0.456 e. The minimum Gasteiger partial charge on any atom is -0.456 e. The molecule has 0 aromatic carbocycles. The summed E-state index contributed by atoms with van der Waals surface area (Å²) >= 11 is 4.20. The summed E-state index contributed by atoms with van der Waals surface area (Å²) in [6.45, 7) is 8.30. The molecule has 0 spiro atoms. The number of aromatic nitrogens is 1. The van der Waals surface area contributed by atoms with Crippen molar-refractivity contribution in [2.45, 2.75) is 116 Å². The van der Waals surface area contributed by atoms with Gasteiger partial charge in [0.25, 0.3) is 0 Å². The third-order valence-corrected chi connectivity index (χ3v) is 10.3. The Morgan fingerprint density at radius 1 is 1.23 bits per heavy atom. The summed E-state index contributed by atoms with van der Waals surface area (Å²) in [5, 5.41) is 9.26. The van der Waals surface area contributed by atoms with Crippen LogP contribution in [0, 0.1) is 5.92 Å². The number of hydrogen-bond acceptors (Lipinski definition) is 10. The highest BCUT2D eigenvalue weighted by molar-refractivity contribution is 8.14. The zero-order chi connectivity index (χ0) is 31.2. The van der Waals surface area contributed by atoms with Gasteiger partial charge in [-0.1, -0.05) is 64.3 Å². The van der Waals surface area contributed by atoms with Gasteiger partial charge in [-0.25, -0.2) is 9.78 Å². The normalized spacial score (nSPS) is 23.3. The highest BCUT2D eigenvalue weighted by Gasteiger charge is 2.41. The van der Waals surface area contributed by atoms with Crippen molar-refractivity contribution in [1.29, 1.82) is 0 Å². The van der Waals surface area contributed by atoms with Crippen molar-refractivity contribution in [2.24, 2.45) is 10.9 Å². The van der Waals surface area contributed by atoms with Crippen molar-refractivity contribution in [3.8, 4) is 0 Å². The van der Waals surface area contributed by atoms with Crippen molar-refractivity contribution in [3.05, 3.63) is 28.2 Å². The maximum Gasteiger partial charge on any atom is 0.329 e. The number of aliphatic imine (C=N–C) groups is 1. The molecule has 2 amide bonds. The van der Waals surface area contributed by atoms with Crippen LogP contribution in [0.1, 0.15) is 103 Å². The van der Waals surface area contributed by atoms with Crippen molar-refractivity contribution in [2.75, 3.05) is 11.5 Å². The molecular weight excluding hydrogens is 605 g/mol. The summed E-state index contributed by atoms with van der Waals surface area (Å²) < 4.78 is 5.84. The van der Waals surface area contributed by atoms with E-state index < -0.39 is 23.7 Å². The average Bonchev–Trinajstić information content (AvgIpc) is 3.60. The molecule has 2 aliphatic rings. The number of unbranched alkanes of at least 4 members (excludes halogenated alkanes) is 4. The predicted molar refractivity (Wildman–Crippen MR) is 176 cm³/mol. The first-order chi connectivity index (χ1) is 20.6. The highest BCUT2D eigenvalue weighted by atomic mass is 32.2. The standard InChI is InChI=1S/C31H46N4O5S3/c1-5-6-7-8-9-13-27(37)41-16-11-10-12-22-17-25(36)32-18-26-33-24(19-42-26)28-35-31(4,20-43-28)30(39)34-23(29(38)40-22)15-14-21(2)3/h10,12,19,21-23H,5-9,11,13-18,20H2,1-4H3,(H,32,36)(H,34,39)/b12-10+/t22-,23+,31+/m1/s1. The number of amides is 2. The quantitative estimate of drug-likeness (QED) is 0.156. The van der Waals surface area contributed by atoms with E-state index in [1.54, 1.807) is 13.0 Å². The van der Waals surface area contributed by atoms with Gasteiger partial charge < -0.3 is 15.4 Å². The van der Waals surface area contributed by atoms with E-state index in [4.69, 9.17) is 9.73 Å². The Bertz CT molecular complexity index is 1170. The van der Waals surface area contributed by atoms with Gasteiger partial charge in [-0.15, -0.1) is 23.1 Å². The van der Waals surface area contributed by atoms with Gasteiger partial charge in [0, 0.05) is 23.3 Å². The second-order valence-electron chi connectivity index (χ2n) is 11.7. The number of cyclic esters (lactones) is 1. The van der Waals surface area contributed by atoms with Gasteiger partial charge in [0.15, 0.2) is 5.12 Å². The van der Waals surface area contributed by atoms with Crippen molar-refractivity contribution in [3.63, 3.8) is 0 Å². The van der Waals surface area contributed by atoms with E-state index in [0.717, 1.165) is 17.8 Å². The summed E-state index contributed by atoms with van der Waals surface area (Å²) in [4.78, 5) is 61.2. The van der Waals surface area contributed by atoms with E-state index in [9.17, 15) is 19.2 Å². The highest BCUT2D eigenvalue weighted by Crippen LogP contribution is 2.32. The number of carbonyl (C=O) groups is 4. The smallest absolute Gasteiger partial charge is 0.329 e. The second-order valence-corrected chi connectivity index (χ2v) is 14.7. The van der Waals surface area contributed by atoms with Gasteiger partial charge >= 0.3 is 5.97 Å². The van der Waals surface area contributed by atoms with Crippen LogP contribution in [0.3, 0.4) is 0 Å². The van der Waals surface area contributed by atoms with Crippen LogP contribution in [0.2, 0.25) is 0 Å². The first-order valence-electron chi connectivity index (χ1n) is 15.4. The van der Waals surface area contributed by atoms with Gasteiger partial charge in [-0.05, 0) is 44.6 Å². The third kappa shape index (κ3) is 12.0. The molecule has 12 heteroatoms. The van der Waals surface area contributed by atoms with Crippen molar-refractivity contribution >= 4 is 62.8 Å². The van der Waals surface area contributed by atoms with E-state index in [2.05, 4.69) is 36.4 Å². The van der Waals surface area contributed by atoms with Gasteiger partial charge in [-0.3, -0.25) is 19.4 Å². The predicted octanol–water partition coefficient (Wildman–Crippen LogP) is 5.81. The molecule has 0 aliphatic carbocycles. The molecule has 238 valence electrons. The zero-order valence-electron chi connectivity index (χ0n) is 25.8. The Morgan fingerprint density at radius 3 is 2.79 bits per heavy atom. The fraction of sp³-hybridized carbons (Fsp3) is 0.677. The Kier molecular flexibility index (Phi) is 14.7. The molecule has 2 aliphatic heterocycles. The molecule has 1 aromatic rings. The number of nitrogens with zero attached hydrogens (tertiary/aromatic N) is 2. The summed E-state index contributed by atoms with van der Waals surface area (Å²) in [5.74, 6) is 0.202. The SMILES string of the molecule is CCCCCCCC(=O)SCC/C=C/[C@@H]1CC(=O)NCc2nc(cs2)C2=N[C@@](C)(CS2)C(=O)N[C@@H](CCC(C)C)C(=O)O1. The number of carbonyl (C=O) groups excluding carboxylic acids is 4. The molecule has 3 atom stereocenters. The lowest BCUT2D eigenvalue weighted by atomic mass is 10.0. The number of hydrogen-bond donors (Lipinski definition) is 2. The molecule has 3 heterocycles. The minimum atomic E-state index is -1.03. The molecule has 0 radical (unpaired) electrons. The molecule has 9 nitrogen and oxygen atoms in total. The number of ether oxygens (including phenoxy) is 1. The maximum atomic E-state index is 13.4. The van der Waals surface area contributed by atoms with Gasteiger partial charge in [-0.2, -0.15) is 0 Å². The van der Waals surface area contributed by atoms with E-state index in [0.29, 0.717) is 53.8 Å². The Hall–Kier alpha value is -2.18. The summed E-state index contributed by atoms with van der Waals surface area (Å²) in [6, 6.07) is -0.862. The van der Waals surface area contributed by atoms with E-state index >= 15 is 0 Å². The molecule has 43 heavy (non-hydrogen) atoms. The Morgan fingerprint density at radius 2 is 2.02 bits per heavy atom. The number of nitrogens with one attached hydrogen (secondary N) is 2. The lowest BCUT2D eigenvalue weighted by molar-refractivity contribution is -0.152. The lowest BCUT2D eigenvalue weighted by Gasteiger charge is -2.25. The molecule has 0 saturated heterocycles. The van der Waals surface area contributed by atoms with Crippen LogP contribution in [-0.2, 0) is 30.5 Å². The second kappa shape index (κ2) is 17.9. The topological polar surface area (TPSA) is 127 Å². The van der Waals surface area contributed by atoms with Crippen molar-refractivity contribution < 1.29 is 23.9 Å². The number of allylic oxidation sites excluding steroid dienone is 1. The van der Waals surface area contributed by atoms with Crippen LogP contribution < -0.4 is 10.6 Å². The fourth-order valence-electron chi connectivity index (χ4n) is 4.54. The van der Waals surface area contributed by atoms with Crippen LogP contribution in [0.4, 0.5) is 0 Å². The van der Waals surface area contributed by atoms with Crippen LogP contribution in [-0.4, -0.2) is 62.1 Å². The van der Waals surface area contributed by atoms with Crippen LogP contribution >= 0.6 is 34.9 Å². The number of thiazole rings is 1. The summed E-state index contributed by atoms with van der Waals surface area (Å²) in [7, 11) is 0. The number of fused-ring (bicyclic) bond motifs is 4. The zero-order valence-corrected chi connectivity index (χ0v) is 28.3. The Labute approximate surface area is 268 Å². The monoisotopic (exact) mass is 650 g/mol. The summed E-state index contributed by atoms with van der Waals surface area (Å²) in [5.41, 5.74) is -0.345. The van der Waals surface area contributed by atoms with Crippen LogP contribution in [0.25, 0.3) is 0 Å². The molecule has 2 N–H and O–H groups in total. The number of rotatable bonds is 13. The van der Waals surface area contributed by atoms with Gasteiger partial charge in [0.05, 0.1) is 13.0 Å². The molecule has 0 unspecified atom stereocenters. The molecule has 0 saturated carbocycles. The van der Waals surface area contributed by atoms with E-state index in [1.165, 1.54) is 54.1 Å². The first kappa shape index (κ1) is 35.3. The van der Waals surface area contributed by atoms with Gasteiger partial charge in [0.1, 0.15) is 33.4 Å². The molecule has 1 aromatic heterocycles. The number of thioether (sulfide) groups is 2. The minimum absolute atomic E-state index is 0.0601. The maximum absolute atomic E-state index is 13.4. The number of esters is 1. The van der Waals surface area contributed by atoms with Gasteiger partial charge in [0.2, 0.25) is 11.8 Å². The lowest BCUT2D eigenvalue weighted by Crippen LogP contribution is -2.51. The third-order valence-electron chi connectivity index (χ3n) is 7.19.